The maximum Gasteiger partial charge on any atom is 0.255 e. The normalized spacial score (nSPS) is 12.7. The van der Waals surface area contributed by atoms with Gasteiger partial charge < -0.3 is 9.64 Å². The van der Waals surface area contributed by atoms with E-state index in [1.165, 1.54) is 0 Å². The molecule has 0 unspecified atom stereocenters. The molecule has 1 aliphatic rings. The number of benzene rings is 2. The molecule has 31 heavy (non-hydrogen) atoms. The fourth-order valence-corrected chi connectivity index (χ4v) is 3.88. The van der Waals surface area contributed by atoms with E-state index in [1.54, 1.807) is 31.0 Å². The van der Waals surface area contributed by atoms with Crippen LogP contribution >= 0.6 is 0 Å². The van der Waals surface area contributed by atoms with E-state index in [-0.39, 0.29) is 5.91 Å². The molecule has 0 saturated carbocycles. The zero-order valence-electron chi connectivity index (χ0n) is 17.0. The Morgan fingerprint density at radius 1 is 0.968 bits per heavy atom. The predicted octanol–water partition coefficient (Wildman–Crippen LogP) is 4.80. The first kappa shape index (κ1) is 18.9. The molecule has 6 nitrogen and oxygen atoms in total. The average Bonchev–Trinajstić information content (AvgIpc) is 3.12. The molecule has 0 N–H and O–H groups in total. The van der Waals surface area contributed by atoms with E-state index in [1.807, 2.05) is 54.3 Å². The lowest BCUT2D eigenvalue weighted by atomic mass is 9.99. The average molecular weight is 408 g/mol. The number of ether oxygens (including phenoxy) is 1. The molecule has 0 aliphatic carbocycles. The molecule has 0 saturated heterocycles. The summed E-state index contributed by atoms with van der Waals surface area (Å²) in [5, 5.41) is 0. The standard InChI is InChI=1S/C25H20N4O2/c1-17-11-19(23-14-27-9-10-28-23)12-20-16-29(25(30)24(17)20)15-18-4-6-21(7-5-18)31-22-3-2-8-26-13-22/h2-14H,15-16H2,1H3. The molecule has 1 amide bonds. The van der Waals surface area contributed by atoms with E-state index in [0.717, 1.165) is 39.3 Å². The lowest BCUT2D eigenvalue weighted by Crippen LogP contribution is -2.23. The summed E-state index contributed by atoms with van der Waals surface area (Å²) < 4.78 is 5.79. The molecular formula is C25H20N4O2. The zero-order valence-corrected chi connectivity index (χ0v) is 17.0. The van der Waals surface area contributed by atoms with E-state index >= 15 is 0 Å². The molecule has 152 valence electrons. The van der Waals surface area contributed by atoms with Crippen molar-refractivity contribution in [1.82, 2.24) is 19.9 Å². The van der Waals surface area contributed by atoms with Gasteiger partial charge in [0.05, 0.1) is 18.1 Å². The minimum atomic E-state index is 0.0638. The largest absolute Gasteiger partial charge is 0.456 e. The summed E-state index contributed by atoms with van der Waals surface area (Å²) in [5.41, 5.74) is 5.63. The van der Waals surface area contributed by atoms with Gasteiger partial charge in [-0.2, -0.15) is 0 Å². The number of hydrogen-bond donors (Lipinski definition) is 0. The second kappa shape index (κ2) is 7.99. The van der Waals surface area contributed by atoms with Gasteiger partial charge in [0.25, 0.3) is 5.91 Å². The van der Waals surface area contributed by atoms with Gasteiger partial charge in [-0.05, 0) is 60.0 Å². The highest BCUT2D eigenvalue weighted by molar-refractivity contribution is 6.00. The van der Waals surface area contributed by atoms with Crippen molar-refractivity contribution in [2.45, 2.75) is 20.0 Å². The Morgan fingerprint density at radius 2 is 1.81 bits per heavy atom. The Hall–Kier alpha value is -4.06. The molecule has 2 aromatic carbocycles. The number of carbonyl (C=O) groups is 1. The molecule has 0 spiro atoms. The van der Waals surface area contributed by atoms with E-state index < -0.39 is 0 Å². The second-order valence-corrected chi connectivity index (χ2v) is 7.51. The van der Waals surface area contributed by atoms with E-state index in [2.05, 4.69) is 21.0 Å². The first-order chi connectivity index (χ1) is 15.2. The summed E-state index contributed by atoms with van der Waals surface area (Å²) in [6.07, 6.45) is 8.45. The minimum Gasteiger partial charge on any atom is -0.456 e. The summed E-state index contributed by atoms with van der Waals surface area (Å²) in [6.45, 7) is 3.10. The molecule has 0 radical (unpaired) electrons. The van der Waals surface area contributed by atoms with Crippen molar-refractivity contribution in [3.63, 3.8) is 0 Å². The maximum atomic E-state index is 13.0. The third-order valence-corrected chi connectivity index (χ3v) is 5.31. The van der Waals surface area contributed by atoms with Crippen LogP contribution in [-0.2, 0) is 13.1 Å². The van der Waals surface area contributed by atoms with E-state index in [0.29, 0.717) is 18.8 Å². The summed E-state index contributed by atoms with van der Waals surface area (Å²) in [6, 6.07) is 15.5. The van der Waals surface area contributed by atoms with Gasteiger partial charge in [0.2, 0.25) is 0 Å². The van der Waals surface area contributed by atoms with Crippen molar-refractivity contribution in [2.75, 3.05) is 0 Å². The minimum absolute atomic E-state index is 0.0638. The lowest BCUT2D eigenvalue weighted by Gasteiger charge is -2.16. The number of aryl methyl sites for hydroxylation is 1. The van der Waals surface area contributed by atoms with Crippen LogP contribution in [0.15, 0.2) is 79.5 Å². The first-order valence-corrected chi connectivity index (χ1v) is 10.0. The Morgan fingerprint density at radius 3 is 2.55 bits per heavy atom. The summed E-state index contributed by atoms with van der Waals surface area (Å²) >= 11 is 0. The third-order valence-electron chi connectivity index (χ3n) is 5.31. The number of carbonyl (C=O) groups excluding carboxylic acids is 1. The predicted molar refractivity (Wildman–Crippen MR) is 117 cm³/mol. The van der Waals surface area contributed by atoms with Crippen molar-refractivity contribution < 1.29 is 9.53 Å². The molecule has 3 heterocycles. The van der Waals surface area contributed by atoms with Crippen LogP contribution in [0.4, 0.5) is 0 Å². The van der Waals surface area contributed by atoms with Crippen LogP contribution < -0.4 is 4.74 Å². The number of hydrogen-bond acceptors (Lipinski definition) is 5. The highest BCUT2D eigenvalue weighted by atomic mass is 16.5. The number of amides is 1. The van der Waals surface area contributed by atoms with Crippen LogP contribution in [0, 0.1) is 6.92 Å². The molecule has 1 aliphatic heterocycles. The quantitative estimate of drug-likeness (QED) is 0.475. The molecule has 5 rings (SSSR count). The monoisotopic (exact) mass is 408 g/mol. The number of fused-ring (bicyclic) bond motifs is 1. The van der Waals surface area contributed by atoms with Crippen molar-refractivity contribution in [1.29, 1.82) is 0 Å². The Balaban J connectivity index is 1.32. The highest BCUT2D eigenvalue weighted by Gasteiger charge is 2.29. The van der Waals surface area contributed by atoms with Gasteiger partial charge in [-0.15, -0.1) is 0 Å². The third kappa shape index (κ3) is 3.88. The van der Waals surface area contributed by atoms with Gasteiger partial charge in [0, 0.05) is 42.8 Å². The maximum absolute atomic E-state index is 13.0. The van der Waals surface area contributed by atoms with Gasteiger partial charge in [0.15, 0.2) is 0 Å². The van der Waals surface area contributed by atoms with Gasteiger partial charge in [-0.1, -0.05) is 12.1 Å². The molecule has 0 atom stereocenters. The first-order valence-electron chi connectivity index (χ1n) is 10.0. The summed E-state index contributed by atoms with van der Waals surface area (Å²) in [5.74, 6) is 1.49. The van der Waals surface area contributed by atoms with Crippen molar-refractivity contribution >= 4 is 5.91 Å². The van der Waals surface area contributed by atoms with Gasteiger partial charge in [0.1, 0.15) is 11.5 Å². The fourth-order valence-electron chi connectivity index (χ4n) is 3.88. The highest BCUT2D eigenvalue weighted by Crippen LogP contribution is 2.31. The van der Waals surface area contributed by atoms with E-state index in [4.69, 9.17) is 4.74 Å². The van der Waals surface area contributed by atoms with Crippen LogP contribution in [0.3, 0.4) is 0 Å². The van der Waals surface area contributed by atoms with Gasteiger partial charge in [-0.3, -0.25) is 19.7 Å². The number of nitrogens with zero attached hydrogens (tertiary/aromatic N) is 4. The second-order valence-electron chi connectivity index (χ2n) is 7.51. The lowest BCUT2D eigenvalue weighted by molar-refractivity contribution is 0.0766. The fraction of sp³-hybridized carbons (Fsp3) is 0.120. The molecular weight excluding hydrogens is 388 g/mol. The number of pyridine rings is 1. The Labute approximate surface area is 180 Å². The zero-order chi connectivity index (χ0) is 21.2. The van der Waals surface area contributed by atoms with Crippen LogP contribution in [0.5, 0.6) is 11.5 Å². The molecule has 0 fully saturated rings. The van der Waals surface area contributed by atoms with Gasteiger partial charge >= 0.3 is 0 Å². The SMILES string of the molecule is Cc1cc(-c2cnccn2)cc2c1C(=O)N(Cc1ccc(Oc3cccnc3)cc1)C2. The van der Waals surface area contributed by atoms with Crippen LogP contribution in [0.1, 0.15) is 27.0 Å². The van der Waals surface area contributed by atoms with E-state index in [9.17, 15) is 4.79 Å². The Bertz CT molecular complexity index is 1230. The van der Waals surface area contributed by atoms with Crippen LogP contribution in [0.2, 0.25) is 0 Å². The van der Waals surface area contributed by atoms with Crippen LogP contribution in [-0.4, -0.2) is 25.8 Å². The molecule has 2 aromatic heterocycles. The topological polar surface area (TPSA) is 68.2 Å². The summed E-state index contributed by atoms with van der Waals surface area (Å²) in [7, 11) is 0. The number of aromatic nitrogens is 3. The van der Waals surface area contributed by atoms with Crippen molar-refractivity contribution in [3.05, 3.63) is 102 Å². The van der Waals surface area contributed by atoms with Gasteiger partial charge in [-0.25, -0.2) is 0 Å². The van der Waals surface area contributed by atoms with Crippen LogP contribution in [0.25, 0.3) is 11.3 Å². The molecule has 4 aromatic rings. The van der Waals surface area contributed by atoms with Crippen molar-refractivity contribution in [3.8, 4) is 22.8 Å². The molecule has 6 heteroatoms. The number of rotatable bonds is 5. The smallest absolute Gasteiger partial charge is 0.255 e. The summed E-state index contributed by atoms with van der Waals surface area (Å²) in [4.78, 5) is 27.5. The Kier molecular flexibility index (Phi) is 4.88. The molecule has 0 bridgehead atoms. The van der Waals surface area contributed by atoms with Crippen molar-refractivity contribution in [2.24, 2.45) is 0 Å².